The zero-order valence-electron chi connectivity index (χ0n) is 14.4. The molecule has 8 heteroatoms. The number of piperazine rings is 1. The number of ether oxygens (including phenoxy) is 1. The third-order valence-corrected chi connectivity index (χ3v) is 3.91. The maximum absolute atomic E-state index is 12.1. The number of halogens is 2. The predicted octanol–water partition coefficient (Wildman–Crippen LogP) is 2.03. The molecule has 0 bridgehead atoms. The summed E-state index contributed by atoms with van der Waals surface area (Å²) in [6.45, 7) is 3.62. The molecule has 0 spiro atoms. The molecule has 0 unspecified atom stereocenters. The van der Waals surface area contributed by atoms with E-state index in [0.29, 0.717) is 31.9 Å². The van der Waals surface area contributed by atoms with E-state index in [0.717, 1.165) is 0 Å². The molecule has 1 saturated heterocycles. The molecule has 1 aliphatic heterocycles. The van der Waals surface area contributed by atoms with Crippen molar-refractivity contribution in [1.29, 1.82) is 0 Å². The van der Waals surface area contributed by atoms with Crippen LogP contribution in [-0.2, 0) is 9.59 Å². The van der Waals surface area contributed by atoms with Crippen molar-refractivity contribution in [3.63, 3.8) is 0 Å². The first-order chi connectivity index (χ1) is 11.8. The van der Waals surface area contributed by atoms with Gasteiger partial charge >= 0.3 is 6.61 Å². The van der Waals surface area contributed by atoms with Crippen LogP contribution in [0.5, 0.6) is 5.75 Å². The number of anilines is 1. The van der Waals surface area contributed by atoms with Crippen LogP contribution in [0.4, 0.5) is 14.5 Å². The number of benzene rings is 1. The van der Waals surface area contributed by atoms with E-state index in [1.807, 2.05) is 23.6 Å². The van der Waals surface area contributed by atoms with Gasteiger partial charge in [0.1, 0.15) is 5.75 Å². The van der Waals surface area contributed by atoms with Gasteiger partial charge in [-0.25, -0.2) is 0 Å². The highest BCUT2D eigenvalue weighted by Crippen LogP contribution is 2.17. The van der Waals surface area contributed by atoms with E-state index < -0.39 is 6.61 Å². The molecule has 1 aromatic carbocycles. The standard InChI is InChI=1S/C17H23F2N3O3/c1-12(2)16(24)22-9-7-21(8-10-22)11-15(23)20-13-3-5-14(6-4-13)25-17(18)19/h3-6,12,17H,7-11H2,1-2H3,(H,20,23). The first kappa shape index (κ1) is 19.1. The Balaban J connectivity index is 1.76. The quantitative estimate of drug-likeness (QED) is 0.848. The van der Waals surface area contributed by atoms with Crippen molar-refractivity contribution in [3.8, 4) is 5.75 Å². The topological polar surface area (TPSA) is 61.9 Å². The highest BCUT2D eigenvalue weighted by Gasteiger charge is 2.23. The number of nitrogens with one attached hydrogen (secondary N) is 1. The van der Waals surface area contributed by atoms with Crippen LogP contribution in [-0.4, -0.2) is 60.9 Å². The summed E-state index contributed by atoms with van der Waals surface area (Å²) >= 11 is 0. The number of hydrogen-bond acceptors (Lipinski definition) is 4. The highest BCUT2D eigenvalue weighted by atomic mass is 19.3. The van der Waals surface area contributed by atoms with Gasteiger partial charge in [-0.2, -0.15) is 8.78 Å². The van der Waals surface area contributed by atoms with Crippen LogP contribution in [0.25, 0.3) is 0 Å². The van der Waals surface area contributed by atoms with Gasteiger partial charge in [0, 0.05) is 37.8 Å². The van der Waals surface area contributed by atoms with Crippen molar-refractivity contribution in [2.75, 3.05) is 38.0 Å². The molecule has 0 aliphatic carbocycles. The fourth-order valence-electron chi connectivity index (χ4n) is 2.61. The van der Waals surface area contributed by atoms with Gasteiger partial charge in [-0.15, -0.1) is 0 Å². The normalized spacial score (nSPS) is 15.5. The van der Waals surface area contributed by atoms with Crippen LogP contribution in [0, 0.1) is 5.92 Å². The average Bonchev–Trinajstić information content (AvgIpc) is 2.56. The SMILES string of the molecule is CC(C)C(=O)N1CCN(CC(=O)Nc2ccc(OC(F)F)cc2)CC1. The summed E-state index contributed by atoms with van der Waals surface area (Å²) in [5.74, 6) is -0.0350. The summed E-state index contributed by atoms with van der Waals surface area (Å²) in [5, 5.41) is 2.72. The Morgan fingerprint density at radius 1 is 1.12 bits per heavy atom. The number of carbonyl (C=O) groups is 2. The van der Waals surface area contributed by atoms with Crippen molar-refractivity contribution in [2.24, 2.45) is 5.92 Å². The molecule has 0 atom stereocenters. The minimum atomic E-state index is -2.87. The van der Waals surface area contributed by atoms with Gasteiger partial charge in [0.15, 0.2) is 0 Å². The van der Waals surface area contributed by atoms with Crippen molar-refractivity contribution in [1.82, 2.24) is 9.80 Å². The summed E-state index contributed by atoms with van der Waals surface area (Å²) in [6, 6.07) is 5.76. The summed E-state index contributed by atoms with van der Waals surface area (Å²) < 4.78 is 28.4. The van der Waals surface area contributed by atoms with E-state index in [9.17, 15) is 18.4 Å². The molecule has 138 valence electrons. The second-order valence-electron chi connectivity index (χ2n) is 6.21. The lowest BCUT2D eigenvalue weighted by Crippen LogP contribution is -2.51. The number of nitrogens with zero attached hydrogens (tertiary/aromatic N) is 2. The number of hydrogen-bond donors (Lipinski definition) is 1. The number of amides is 2. The fraction of sp³-hybridized carbons (Fsp3) is 0.529. The van der Waals surface area contributed by atoms with Crippen LogP contribution >= 0.6 is 0 Å². The molecule has 0 aromatic heterocycles. The Kier molecular flexibility index (Phi) is 6.69. The highest BCUT2D eigenvalue weighted by molar-refractivity contribution is 5.92. The van der Waals surface area contributed by atoms with E-state index in [-0.39, 0.29) is 30.0 Å². The summed E-state index contributed by atoms with van der Waals surface area (Å²) in [4.78, 5) is 27.8. The van der Waals surface area contributed by atoms with Crippen molar-refractivity contribution < 1.29 is 23.1 Å². The molecule has 1 aliphatic rings. The summed E-state index contributed by atoms with van der Waals surface area (Å²) in [5.41, 5.74) is 0.514. The fourth-order valence-corrected chi connectivity index (χ4v) is 2.61. The van der Waals surface area contributed by atoms with E-state index in [1.165, 1.54) is 24.3 Å². The van der Waals surface area contributed by atoms with E-state index in [2.05, 4.69) is 10.1 Å². The molecule has 0 radical (unpaired) electrons. The van der Waals surface area contributed by atoms with Crippen LogP contribution < -0.4 is 10.1 Å². The van der Waals surface area contributed by atoms with E-state index in [1.54, 1.807) is 0 Å². The largest absolute Gasteiger partial charge is 0.435 e. The molecular formula is C17H23F2N3O3. The molecule has 0 saturated carbocycles. The van der Waals surface area contributed by atoms with Crippen molar-refractivity contribution in [3.05, 3.63) is 24.3 Å². The Bertz CT molecular complexity index is 585. The zero-order valence-corrected chi connectivity index (χ0v) is 14.4. The Hall–Kier alpha value is -2.22. The minimum Gasteiger partial charge on any atom is -0.435 e. The lowest BCUT2D eigenvalue weighted by atomic mass is 10.1. The van der Waals surface area contributed by atoms with E-state index >= 15 is 0 Å². The maximum Gasteiger partial charge on any atom is 0.387 e. The van der Waals surface area contributed by atoms with Gasteiger partial charge in [-0.1, -0.05) is 13.8 Å². The van der Waals surface area contributed by atoms with Crippen LogP contribution in [0.3, 0.4) is 0 Å². The van der Waals surface area contributed by atoms with Crippen LogP contribution in [0.15, 0.2) is 24.3 Å². The number of rotatable bonds is 6. The van der Waals surface area contributed by atoms with Crippen LogP contribution in [0.1, 0.15) is 13.8 Å². The number of alkyl halides is 2. The first-order valence-corrected chi connectivity index (χ1v) is 8.21. The third-order valence-electron chi connectivity index (χ3n) is 3.91. The second-order valence-corrected chi connectivity index (χ2v) is 6.21. The lowest BCUT2D eigenvalue weighted by Gasteiger charge is -2.35. The molecule has 25 heavy (non-hydrogen) atoms. The van der Waals surface area contributed by atoms with Crippen LogP contribution in [0.2, 0.25) is 0 Å². The van der Waals surface area contributed by atoms with Crippen molar-refractivity contribution in [2.45, 2.75) is 20.5 Å². The molecule has 2 rings (SSSR count). The van der Waals surface area contributed by atoms with Gasteiger partial charge in [0.2, 0.25) is 11.8 Å². The van der Waals surface area contributed by atoms with E-state index in [4.69, 9.17) is 0 Å². The number of carbonyl (C=O) groups excluding carboxylic acids is 2. The molecule has 1 N–H and O–H groups in total. The zero-order chi connectivity index (χ0) is 18.4. The summed E-state index contributed by atoms with van der Waals surface area (Å²) in [6.07, 6.45) is 0. The lowest BCUT2D eigenvalue weighted by molar-refractivity contribution is -0.136. The second kappa shape index (κ2) is 8.75. The van der Waals surface area contributed by atoms with Gasteiger partial charge in [0.25, 0.3) is 0 Å². The smallest absolute Gasteiger partial charge is 0.387 e. The van der Waals surface area contributed by atoms with Crippen molar-refractivity contribution >= 4 is 17.5 Å². The Morgan fingerprint density at radius 3 is 2.24 bits per heavy atom. The van der Waals surface area contributed by atoms with Gasteiger partial charge in [0.05, 0.1) is 6.54 Å². The molecule has 6 nitrogen and oxygen atoms in total. The first-order valence-electron chi connectivity index (χ1n) is 8.21. The molecule has 1 aromatic rings. The third kappa shape index (κ3) is 5.97. The maximum atomic E-state index is 12.1. The van der Waals surface area contributed by atoms with Gasteiger partial charge in [-0.05, 0) is 24.3 Å². The van der Waals surface area contributed by atoms with Gasteiger partial charge in [-0.3, -0.25) is 14.5 Å². The Labute approximate surface area is 145 Å². The Morgan fingerprint density at radius 2 is 1.72 bits per heavy atom. The summed E-state index contributed by atoms with van der Waals surface area (Å²) in [7, 11) is 0. The molecular weight excluding hydrogens is 332 g/mol. The van der Waals surface area contributed by atoms with Gasteiger partial charge < -0.3 is 15.0 Å². The molecule has 2 amide bonds. The molecule has 1 heterocycles. The average molecular weight is 355 g/mol. The minimum absolute atomic E-state index is 0.0214. The monoisotopic (exact) mass is 355 g/mol. The predicted molar refractivity (Wildman–Crippen MR) is 89.6 cm³/mol. The molecule has 1 fully saturated rings.